The number of ether oxygens (including phenoxy) is 1. The van der Waals surface area contributed by atoms with Gasteiger partial charge in [0.25, 0.3) is 0 Å². The van der Waals surface area contributed by atoms with Crippen LogP contribution in [0.1, 0.15) is 51.4 Å². The van der Waals surface area contributed by atoms with Crippen LogP contribution in [0.15, 0.2) is 0 Å². The smallest absolute Gasteiger partial charge is 0.141 e. The van der Waals surface area contributed by atoms with Crippen LogP contribution < -0.4 is 0 Å². The van der Waals surface area contributed by atoms with E-state index in [9.17, 15) is 4.79 Å². The molecule has 0 N–H and O–H groups in total. The van der Waals surface area contributed by atoms with E-state index in [1.165, 1.54) is 19.3 Å². The maximum atomic E-state index is 12.1. The molecular formula is C12H20O2. The maximum Gasteiger partial charge on any atom is 0.141 e. The van der Waals surface area contributed by atoms with E-state index < -0.39 is 0 Å². The van der Waals surface area contributed by atoms with Gasteiger partial charge in [0.05, 0.1) is 11.5 Å². The number of rotatable bonds is 1. The van der Waals surface area contributed by atoms with Crippen molar-refractivity contribution in [3.05, 3.63) is 0 Å². The van der Waals surface area contributed by atoms with Gasteiger partial charge in [-0.2, -0.15) is 0 Å². The number of hydrogen-bond donors (Lipinski definition) is 0. The summed E-state index contributed by atoms with van der Waals surface area (Å²) in [7, 11) is 1.76. The minimum Gasteiger partial charge on any atom is -0.380 e. The van der Waals surface area contributed by atoms with Gasteiger partial charge >= 0.3 is 0 Å². The first kappa shape index (κ1) is 10.2. The molecule has 1 atom stereocenters. The lowest BCUT2D eigenvalue weighted by molar-refractivity contribution is -0.146. The Morgan fingerprint density at radius 3 is 2.57 bits per heavy atom. The van der Waals surface area contributed by atoms with E-state index in [2.05, 4.69) is 0 Å². The van der Waals surface area contributed by atoms with Crippen LogP contribution in [-0.2, 0) is 9.53 Å². The number of methoxy groups -OCH3 is 1. The molecule has 0 aromatic rings. The van der Waals surface area contributed by atoms with E-state index >= 15 is 0 Å². The molecule has 80 valence electrons. The summed E-state index contributed by atoms with van der Waals surface area (Å²) in [5.41, 5.74) is -0.0781. The van der Waals surface area contributed by atoms with Crippen LogP contribution in [0.25, 0.3) is 0 Å². The first-order valence-corrected chi connectivity index (χ1v) is 5.86. The standard InChI is InChI=1S/C12H20O2/c1-14-11-7-5-6-10(13)12(11)8-3-2-4-9-12/h11H,2-9H2,1H3. The second-order valence-electron chi connectivity index (χ2n) is 4.76. The molecule has 2 aliphatic carbocycles. The Kier molecular flexibility index (Phi) is 2.91. The van der Waals surface area contributed by atoms with Crippen LogP contribution in [0.4, 0.5) is 0 Å². The molecule has 0 aromatic heterocycles. The predicted molar refractivity (Wildman–Crippen MR) is 55.2 cm³/mol. The molecule has 2 nitrogen and oxygen atoms in total. The Bertz CT molecular complexity index is 216. The zero-order valence-electron chi connectivity index (χ0n) is 9.05. The topological polar surface area (TPSA) is 26.3 Å². The molecule has 1 spiro atoms. The average Bonchev–Trinajstić information content (AvgIpc) is 2.24. The summed E-state index contributed by atoms with van der Waals surface area (Å²) < 4.78 is 5.53. The molecule has 0 aliphatic heterocycles. The van der Waals surface area contributed by atoms with Crippen molar-refractivity contribution in [1.82, 2.24) is 0 Å². The van der Waals surface area contributed by atoms with Gasteiger partial charge in [-0.25, -0.2) is 0 Å². The summed E-state index contributed by atoms with van der Waals surface area (Å²) in [6, 6.07) is 0. The molecule has 14 heavy (non-hydrogen) atoms. The van der Waals surface area contributed by atoms with Gasteiger partial charge in [-0.15, -0.1) is 0 Å². The third kappa shape index (κ3) is 1.50. The largest absolute Gasteiger partial charge is 0.380 e. The van der Waals surface area contributed by atoms with Crippen LogP contribution in [0.3, 0.4) is 0 Å². The zero-order chi connectivity index (χ0) is 10.0. The molecule has 0 amide bonds. The zero-order valence-corrected chi connectivity index (χ0v) is 9.05. The Labute approximate surface area is 86.0 Å². The fraction of sp³-hybridized carbons (Fsp3) is 0.917. The van der Waals surface area contributed by atoms with Crippen LogP contribution in [-0.4, -0.2) is 19.0 Å². The Hall–Kier alpha value is -0.370. The quantitative estimate of drug-likeness (QED) is 0.644. The van der Waals surface area contributed by atoms with Gasteiger partial charge in [0.2, 0.25) is 0 Å². The van der Waals surface area contributed by atoms with E-state index in [1.807, 2.05) is 0 Å². The second kappa shape index (κ2) is 4.01. The molecule has 2 heteroatoms. The van der Waals surface area contributed by atoms with E-state index in [-0.39, 0.29) is 11.5 Å². The van der Waals surface area contributed by atoms with Crippen molar-refractivity contribution in [2.24, 2.45) is 5.41 Å². The molecular weight excluding hydrogens is 176 g/mol. The summed E-state index contributed by atoms with van der Waals surface area (Å²) in [6.07, 6.45) is 8.99. The van der Waals surface area contributed by atoms with Gasteiger partial charge in [0, 0.05) is 13.5 Å². The second-order valence-corrected chi connectivity index (χ2v) is 4.76. The molecule has 2 rings (SSSR count). The van der Waals surface area contributed by atoms with E-state index in [1.54, 1.807) is 7.11 Å². The van der Waals surface area contributed by atoms with Crippen molar-refractivity contribution < 1.29 is 9.53 Å². The monoisotopic (exact) mass is 196 g/mol. The van der Waals surface area contributed by atoms with Crippen LogP contribution in [0.2, 0.25) is 0 Å². The summed E-state index contributed by atoms with van der Waals surface area (Å²) in [5.74, 6) is 0.482. The number of ketones is 1. The summed E-state index contributed by atoms with van der Waals surface area (Å²) in [4.78, 5) is 12.1. The third-order valence-corrected chi connectivity index (χ3v) is 4.07. The van der Waals surface area contributed by atoms with E-state index in [0.29, 0.717) is 5.78 Å². The van der Waals surface area contributed by atoms with Gasteiger partial charge < -0.3 is 4.74 Å². The first-order chi connectivity index (χ1) is 6.79. The van der Waals surface area contributed by atoms with Crippen molar-refractivity contribution >= 4 is 5.78 Å². The molecule has 0 bridgehead atoms. The van der Waals surface area contributed by atoms with Crippen molar-refractivity contribution in [3.8, 4) is 0 Å². The molecule has 0 heterocycles. The molecule has 2 fully saturated rings. The lowest BCUT2D eigenvalue weighted by Gasteiger charge is -2.44. The SMILES string of the molecule is COC1CCCC(=O)C12CCCCC2. The van der Waals surface area contributed by atoms with Crippen molar-refractivity contribution in [1.29, 1.82) is 0 Å². The molecule has 1 unspecified atom stereocenters. The van der Waals surface area contributed by atoms with Crippen molar-refractivity contribution in [3.63, 3.8) is 0 Å². The fourth-order valence-electron chi connectivity index (χ4n) is 3.28. The van der Waals surface area contributed by atoms with Gasteiger partial charge in [-0.3, -0.25) is 4.79 Å². The van der Waals surface area contributed by atoms with E-state index in [0.717, 1.165) is 32.1 Å². The molecule has 0 radical (unpaired) electrons. The number of carbonyl (C=O) groups excluding carboxylic acids is 1. The van der Waals surface area contributed by atoms with Crippen LogP contribution >= 0.6 is 0 Å². The number of hydrogen-bond acceptors (Lipinski definition) is 2. The lowest BCUT2D eigenvalue weighted by atomic mass is 9.63. The lowest BCUT2D eigenvalue weighted by Crippen LogP contribution is -2.47. The normalized spacial score (nSPS) is 32.1. The highest BCUT2D eigenvalue weighted by Gasteiger charge is 2.47. The highest BCUT2D eigenvalue weighted by atomic mass is 16.5. The molecule has 0 saturated heterocycles. The average molecular weight is 196 g/mol. The van der Waals surface area contributed by atoms with Crippen LogP contribution in [0.5, 0.6) is 0 Å². The summed E-state index contributed by atoms with van der Waals surface area (Å²) in [6.45, 7) is 0. The Morgan fingerprint density at radius 2 is 1.93 bits per heavy atom. The fourth-order valence-corrected chi connectivity index (χ4v) is 3.28. The molecule has 0 aromatic carbocycles. The highest BCUT2D eigenvalue weighted by molar-refractivity contribution is 5.86. The first-order valence-electron chi connectivity index (χ1n) is 5.86. The van der Waals surface area contributed by atoms with Gasteiger partial charge in [0.1, 0.15) is 5.78 Å². The summed E-state index contributed by atoms with van der Waals surface area (Å²) in [5, 5.41) is 0. The Balaban J connectivity index is 2.19. The van der Waals surface area contributed by atoms with Gasteiger partial charge in [-0.05, 0) is 25.7 Å². The highest BCUT2D eigenvalue weighted by Crippen LogP contribution is 2.46. The predicted octanol–water partition coefficient (Wildman–Crippen LogP) is 2.70. The molecule has 2 saturated carbocycles. The number of Topliss-reactive ketones (excluding diaryl/α,β-unsaturated/α-hetero) is 1. The third-order valence-electron chi connectivity index (χ3n) is 4.07. The maximum absolute atomic E-state index is 12.1. The minimum atomic E-state index is -0.0781. The van der Waals surface area contributed by atoms with Crippen molar-refractivity contribution in [2.75, 3.05) is 7.11 Å². The Morgan fingerprint density at radius 1 is 1.21 bits per heavy atom. The van der Waals surface area contributed by atoms with Crippen molar-refractivity contribution in [2.45, 2.75) is 57.5 Å². The minimum absolute atomic E-state index is 0.0781. The summed E-state index contributed by atoms with van der Waals surface area (Å²) >= 11 is 0. The van der Waals surface area contributed by atoms with E-state index in [4.69, 9.17) is 4.74 Å². The van der Waals surface area contributed by atoms with Gasteiger partial charge in [0.15, 0.2) is 0 Å². The number of carbonyl (C=O) groups is 1. The van der Waals surface area contributed by atoms with Gasteiger partial charge in [-0.1, -0.05) is 19.3 Å². The molecule has 2 aliphatic rings. The van der Waals surface area contributed by atoms with Crippen LogP contribution in [0, 0.1) is 5.41 Å².